The lowest BCUT2D eigenvalue weighted by Crippen LogP contribution is -2.36. The summed E-state index contributed by atoms with van der Waals surface area (Å²) in [5.41, 5.74) is 4.02. The van der Waals surface area contributed by atoms with Crippen LogP contribution >= 0.6 is 0 Å². The minimum absolute atomic E-state index is 0.127. The molecular weight excluding hydrogens is 402 g/mol. The van der Waals surface area contributed by atoms with Gasteiger partial charge in [-0.3, -0.25) is 0 Å². The van der Waals surface area contributed by atoms with Crippen LogP contribution in [-0.2, 0) is 13.2 Å². The monoisotopic (exact) mass is 427 g/mol. The van der Waals surface area contributed by atoms with Crippen LogP contribution in [0.1, 0.15) is 29.7 Å². The maximum atomic E-state index is 12.3. The SMILES string of the molecule is CC(NC(=O)NCc1ccc(COc2ccccc2)cc1)c1ccc(-n2cncn2)cc1. The Bertz CT molecular complexity index is 1110. The highest BCUT2D eigenvalue weighted by Crippen LogP contribution is 2.15. The Morgan fingerprint density at radius 3 is 2.38 bits per heavy atom. The number of carbonyl (C=O) groups is 1. The van der Waals surface area contributed by atoms with E-state index in [1.807, 2.05) is 85.8 Å². The van der Waals surface area contributed by atoms with Gasteiger partial charge in [0.05, 0.1) is 11.7 Å². The van der Waals surface area contributed by atoms with Gasteiger partial charge < -0.3 is 15.4 Å². The number of para-hydroxylation sites is 1. The van der Waals surface area contributed by atoms with E-state index in [4.69, 9.17) is 4.74 Å². The van der Waals surface area contributed by atoms with Crippen molar-refractivity contribution in [1.82, 2.24) is 25.4 Å². The molecule has 1 atom stereocenters. The standard InChI is InChI=1S/C25H25N5O2/c1-19(22-11-13-23(14-12-22)30-18-26-17-28-30)29-25(31)27-15-20-7-9-21(10-8-20)16-32-24-5-3-2-4-6-24/h2-14,17-19H,15-16H2,1H3,(H2,27,29,31). The summed E-state index contributed by atoms with van der Waals surface area (Å²) < 4.78 is 7.44. The average Bonchev–Trinajstić information content (AvgIpc) is 3.38. The zero-order valence-corrected chi connectivity index (χ0v) is 17.8. The van der Waals surface area contributed by atoms with Crippen molar-refractivity contribution in [3.05, 3.63) is 108 Å². The van der Waals surface area contributed by atoms with Gasteiger partial charge in [-0.25, -0.2) is 14.5 Å². The molecule has 4 rings (SSSR count). The Hall–Kier alpha value is -4.13. The predicted molar refractivity (Wildman–Crippen MR) is 122 cm³/mol. The number of amides is 2. The van der Waals surface area contributed by atoms with E-state index in [0.29, 0.717) is 13.2 Å². The van der Waals surface area contributed by atoms with E-state index in [0.717, 1.165) is 28.1 Å². The first kappa shape index (κ1) is 21.1. The molecule has 0 saturated heterocycles. The molecule has 0 aliphatic heterocycles. The summed E-state index contributed by atoms with van der Waals surface area (Å²) in [5, 5.41) is 9.98. The van der Waals surface area contributed by atoms with Gasteiger partial charge in [0.2, 0.25) is 0 Å². The van der Waals surface area contributed by atoms with Crippen molar-refractivity contribution in [3.63, 3.8) is 0 Å². The first-order chi connectivity index (χ1) is 15.7. The van der Waals surface area contributed by atoms with Gasteiger partial charge in [0, 0.05) is 6.54 Å². The molecule has 0 saturated carbocycles. The number of rotatable bonds is 8. The number of hydrogen-bond acceptors (Lipinski definition) is 4. The van der Waals surface area contributed by atoms with E-state index in [1.165, 1.54) is 6.33 Å². The van der Waals surface area contributed by atoms with Crippen molar-refractivity contribution in [2.45, 2.75) is 26.1 Å². The Morgan fingerprint density at radius 1 is 0.969 bits per heavy atom. The van der Waals surface area contributed by atoms with Crippen molar-refractivity contribution >= 4 is 6.03 Å². The molecule has 0 bridgehead atoms. The number of nitrogens with zero attached hydrogens (tertiary/aromatic N) is 3. The third-order valence-electron chi connectivity index (χ3n) is 5.05. The van der Waals surface area contributed by atoms with Crippen LogP contribution in [-0.4, -0.2) is 20.8 Å². The average molecular weight is 428 g/mol. The van der Waals surface area contributed by atoms with Gasteiger partial charge >= 0.3 is 6.03 Å². The molecule has 7 nitrogen and oxygen atoms in total. The fraction of sp³-hybridized carbons (Fsp3) is 0.160. The molecule has 2 amide bonds. The smallest absolute Gasteiger partial charge is 0.315 e. The van der Waals surface area contributed by atoms with Crippen molar-refractivity contribution in [2.75, 3.05) is 0 Å². The third kappa shape index (κ3) is 5.72. The minimum Gasteiger partial charge on any atom is -0.489 e. The lowest BCUT2D eigenvalue weighted by Gasteiger charge is -2.16. The summed E-state index contributed by atoms with van der Waals surface area (Å²) in [6, 6.07) is 25.2. The van der Waals surface area contributed by atoms with Gasteiger partial charge in [0.25, 0.3) is 0 Å². The normalized spacial score (nSPS) is 11.5. The van der Waals surface area contributed by atoms with E-state index < -0.39 is 0 Å². The quantitative estimate of drug-likeness (QED) is 0.437. The van der Waals surface area contributed by atoms with Crippen molar-refractivity contribution < 1.29 is 9.53 Å². The van der Waals surface area contributed by atoms with Crippen LogP contribution in [0.4, 0.5) is 4.79 Å². The number of hydrogen-bond donors (Lipinski definition) is 2. The van der Waals surface area contributed by atoms with Gasteiger partial charge in [-0.1, -0.05) is 54.6 Å². The Kier molecular flexibility index (Phi) is 6.77. The number of benzene rings is 3. The fourth-order valence-corrected chi connectivity index (χ4v) is 3.21. The van der Waals surface area contributed by atoms with E-state index in [9.17, 15) is 4.79 Å². The van der Waals surface area contributed by atoms with Crippen LogP contribution in [0, 0.1) is 0 Å². The highest BCUT2D eigenvalue weighted by Gasteiger charge is 2.10. The van der Waals surface area contributed by atoms with Gasteiger partial charge in [0.1, 0.15) is 25.0 Å². The van der Waals surface area contributed by atoms with Gasteiger partial charge in [-0.05, 0) is 47.9 Å². The van der Waals surface area contributed by atoms with E-state index >= 15 is 0 Å². The van der Waals surface area contributed by atoms with Gasteiger partial charge in [0.15, 0.2) is 0 Å². The molecule has 2 N–H and O–H groups in total. The Balaban J connectivity index is 1.22. The Labute approximate surface area is 187 Å². The predicted octanol–water partition coefficient (Wildman–Crippen LogP) is 4.41. The summed E-state index contributed by atoms with van der Waals surface area (Å²) in [5.74, 6) is 0.845. The highest BCUT2D eigenvalue weighted by molar-refractivity contribution is 5.74. The summed E-state index contributed by atoms with van der Waals surface area (Å²) in [6.45, 7) is 2.90. The van der Waals surface area contributed by atoms with Gasteiger partial charge in [-0.2, -0.15) is 5.10 Å². The topological polar surface area (TPSA) is 81.1 Å². The zero-order chi connectivity index (χ0) is 22.2. The van der Waals surface area contributed by atoms with Crippen LogP contribution in [0.25, 0.3) is 5.69 Å². The molecule has 3 aromatic carbocycles. The van der Waals surface area contributed by atoms with Crippen LogP contribution in [0.2, 0.25) is 0 Å². The van der Waals surface area contributed by atoms with Gasteiger partial charge in [-0.15, -0.1) is 0 Å². The van der Waals surface area contributed by atoms with Crippen molar-refractivity contribution in [2.24, 2.45) is 0 Å². The maximum Gasteiger partial charge on any atom is 0.315 e. The second-order valence-corrected chi connectivity index (χ2v) is 7.40. The second kappa shape index (κ2) is 10.3. The van der Waals surface area contributed by atoms with E-state index in [2.05, 4.69) is 20.7 Å². The summed E-state index contributed by atoms with van der Waals surface area (Å²) >= 11 is 0. The number of aromatic nitrogens is 3. The fourth-order valence-electron chi connectivity index (χ4n) is 3.21. The van der Waals surface area contributed by atoms with Crippen LogP contribution in [0.15, 0.2) is 91.5 Å². The lowest BCUT2D eigenvalue weighted by atomic mass is 10.1. The maximum absolute atomic E-state index is 12.3. The zero-order valence-electron chi connectivity index (χ0n) is 17.8. The van der Waals surface area contributed by atoms with Crippen LogP contribution in [0.5, 0.6) is 5.75 Å². The molecule has 0 radical (unpaired) electrons. The Morgan fingerprint density at radius 2 is 1.69 bits per heavy atom. The largest absolute Gasteiger partial charge is 0.489 e. The number of carbonyl (C=O) groups excluding carboxylic acids is 1. The molecule has 4 aromatic rings. The van der Waals surface area contributed by atoms with Crippen LogP contribution < -0.4 is 15.4 Å². The minimum atomic E-state index is -0.214. The number of nitrogens with one attached hydrogen (secondary N) is 2. The molecule has 7 heteroatoms. The number of urea groups is 1. The third-order valence-corrected chi connectivity index (χ3v) is 5.05. The molecule has 1 heterocycles. The van der Waals surface area contributed by atoms with E-state index in [-0.39, 0.29) is 12.1 Å². The molecule has 0 fully saturated rings. The summed E-state index contributed by atoms with van der Waals surface area (Å²) in [6.07, 6.45) is 3.14. The first-order valence-corrected chi connectivity index (χ1v) is 10.4. The lowest BCUT2D eigenvalue weighted by molar-refractivity contribution is 0.237. The highest BCUT2D eigenvalue weighted by atomic mass is 16.5. The second-order valence-electron chi connectivity index (χ2n) is 7.40. The first-order valence-electron chi connectivity index (χ1n) is 10.4. The van der Waals surface area contributed by atoms with Crippen LogP contribution in [0.3, 0.4) is 0 Å². The van der Waals surface area contributed by atoms with Crippen molar-refractivity contribution in [1.29, 1.82) is 0 Å². The molecule has 1 aromatic heterocycles. The molecule has 0 aliphatic carbocycles. The van der Waals surface area contributed by atoms with Crippen molar-refractivity contribution in [3.8, 4) is 11.4 Å². The molecular formula is C25H25N5O2. The molecule has 32 heavy (non-hydrogen) atoms. The summed E-state index contributed by atoms with van der Waals surface area (Å²) in [4.78, 5) is 16.3. The molecule has 162 valence electrons. The van der Waals surface area contributed by atoms with E-state index in [1.54, 1.807) is 11.0 Å². The molecule has 1 unspecified atom stereocenters. The molecule has 0 aliphatic rings. The summed E-state index contributed by atoms with van der Waals surface area (Å²) in [7, 11) is 0. The molecule has 0 spiro atoms. The number of ether oxygens (including phenoxy) is 1.